The zero-order chi connectivity index (χ0) is 65.8. The molecular formula is C54H95N21O14S. The number of rotatable bonds is 32. The van der Waals surface area contributed by atoms with Gasteiger partial charge in [0.1, 0.15) is 36.3 Å². The second-order valence-electron chi connectivity index (χ2n) is 22.0. The Morgan fingerprint density at radius 1 is 0.633 bits per heavy atom. The summed E-state index contributed by atoms with van der Waals surface area (Å²) in [6.07, 6.45) is 5.92. The highest BCUT2D eigenvalue weighted by atomic mass is 32.2. The fourth-order valence-corrected chi connectivity index (χ4v) is 11.2. The Morgan fingerprint density at radius 2 is 1.19 bits per heavy atom. The van der Waals surface area contributed by atoms with Crippen molar-refractivity contribution >= 4 is 82.9 Å². The number of hydrogen-bond donors (Lipinski definition) is 19. The standard InChI is InChI=1S/C54H95N21O14S/c1-32-45(79)66-38(15-16-42(56)77)50(84)70-39(30-76)51(85)68-35(47(81)62-20-9-23-88-25-27-89-26-24-87-22-8-19-61-43(78)14-3-2-13-41-44-40(31-90-41)71-54(86)72-44)10-4-5-21-75-29-33(73-74-75)28-34(55)46(80)67-37(12-7-18-64-53(59)60)49(83)69-36(48(82)65-32)11-6-17-63-52(57)58/h29,32,34-41,44,76H,2-28,30-31,55H2,1H3,(H2,56,77)(H,61,78)(H,62,81)(H,65,82)(H,66,79)(H,67,80)(H,68,85)(H,69,83)(H,70,84)(H4,57,58,63)(H4,59,60,64)(H2,71,72,86)/t32-,34-,35-,36-,37-,38-,39-,40+,41?,44+/m0/s1. The van der Waals surface area contributed by atoms with Crippen molar-refractivity contribution in [2.45, 2.75) is 176 Å². The molecule has 4 rings (SSSR count). The number of aromatic nitrogens is 3. The number of nitrogens with two attached hydrogens (primary N) is 4. The second-order valence-corrected chi connectivity index (χ2v) is 23.3. The van der Waals surface area contributed by atoms with E-state index in [1.54, 1.807) is 6.20 Å². The average Bonchev–Trinajstić information content (AvgIpc) is 2.14. The van der Waals surface area contributed by atoms with E-state index in [0.29, 0.717) is 76.0 Å². The van der Waals surface area contributed by atoms with Crippen molar-refractivity contribution in [2.75, 3.05) is 78.2 Å². The van der Waals surface area contributed by atoms with Crippen molar-refractivity contribution in [3.8, 4) is 0 Å². The number of primary amides is 1. The molecule has 0 aromatic carbocycles. The highest BCUT2D eigenvalue weighted by molar-refractivity contribution is 8.00. The van der Waals surface area contributed by atoms with Crippen molar-refractivity contribution in [3.05, 3.63) is 11.9 Å². The number of ether oxygens (including phenoxy) is 3. The SMILES string of the molecule is C[C@@H]1NC(=O)[C@H](CCCNC(=N)N)NC(=O)[C@H](CCCNC(=N)N)NC(=O)[C@@H](N)Cc2cn(nn2)CCCC[C@@H](C(=O)NCCCOCCOCCOCCCNC(=O)CCCCC2SC[C@H]3NC(=O)N[C@@H]23)NC(=O)[C@H](CO)NC(=O)[C@H](CCC(N)=O)NC1=O. The molecule has 36 heteroatoms. The van der Waals surface area contributed by atoms with Crippen LogP contribution in [0.3, 0.4) is 0 Å². The third-order valence-corrected chi connectivity index (χ3v) is 16.1. The Morgan fingerprint density at radius 3 is 1.81 bits per heavy atom. The minimum absolute atomic E-state index is 0.00338. The van der Waals surface area contributed by atoms with E-state index < -0.39 is 103 Å². The molecule has 2 bridgehead atoms. The largest absolute Gasteiger partial charge is 0.394 e. The first-order valence-corrected chi connectivity index (χ1v) is 31.7. The van der Waals surface area contributed by atoms with Gasteiger partial charge in [0.25, 0.3) is 0 Å². The maximum absolute atomic E-state index is 14.0. The van der Waals surface area contributed by atoms with Gasteiger partial charge in [0, 0.05) is 82.4 Å². The smallest absolute Gasteiger partial charge is 0.315 e. The van der Waals surface area contributed by atoms with Gasteiger partial charge in [-0.25, -0.2) is 4.79 Å². The van der Waals surface area contributed by atoms with E-state index >= 15 is 0 Å². The summed E-state index contributed by atoms with van der Waals surface area (Å²) in [5, 5.41) is 66.0. The van der Waals surface area contributed by atoms with E-state index in [9.17, 15) is 53.1 Å². The third-order valence-electron chi connectivity index (χ3n) is 14.6. The van der Waals surface area contributed by atoms with Crippen molar-refractivity contribution in [1.82, 2.24) is 78.8 Å². The van der Waals surface area contributed by atoms with Gasteiger partial charge in [0.2, 0.25) is 53.2 Å². The molecule has 3 aliphatic rings. The number of aliphatic hydroxyl groups excluding tert-OH is 1. The zero-order valence-corrected chi connectivity index (χ0v) is 52.0. The van der Waals surface area contributed by atoms with Gasteiger partial charge in [0.15, 0.2) is 11.9 Å². The molecule has 90 heavy (non-hydrogen) atoms. The molecule has 11 amide bonds. The van der Waals surface area contributed by atoms with Gasteiger partial charge in [-0.15, -0.1) is 5.10 Å². The highest BCUT2D eigenvalue weighted by Gasteiger charge is 2.42. The maximum Gasteiger partial charge on any atom is 0.315 e. The summed E-state index contributed by atoms with van der Waals surface area (Å²) in [4.78, 5) is 132. The van der Waals surface area contributed by atoms with E-state index in [-0.39, 0.29) is 120 Å². The van der Waals surface area contributed by atoms with E-state index in [0.717, 1.165) is 25.0 Å². The topological polar surface area (TPSA) is 545 Å². The molecule has 23 N–H and O–H groups in total. The van der Waals surface area contributed by atoms with Crippen molar-refractivity contribution < 1.29 is 67.3 Å². The normalized spacial score (nSPS) is 24.0. The Balaban J connectivity index is 1.31. The number of unbranched alkanes of at least 4 members (excludes halogenated alkanes) is 1. The Labute approximate surface area is 526 Å². The van der Waals surface area contributed by atoms with Crippen LogP contribution in [0.4, 0.5) is 4.79 Å². The molecule has 2 saturated heterocycles. The number of amides is 11. The van der Waals surface area contributed by atoms with Crippen molar-refractivity contribution in [1.29, 1.82) is 10.8 Å². The molecule has 3 aliphatic heterocycles. The number of aliphatic hydroxyl groups is 1. The number of urea groups is 1. The molecular weight excluding hydrogens is 1200 g/mol. The molecule has 1 aromatic rings. The first-order valence-electron chi connectivity index (χ1n) is 30.6. The monoisotopic (exact) mass is 1290 g/mol. The lowest BCUT2D eigenvalue weighted by Crippen LogP contribution is -2.60. The number of thioether (sulfide) groups is 1. The number of hydrogen-bond acceptors (Lipinski definition) is 20. The van der Waals surface area contributed by atoms with E-state index in [4.69, 9.17) is 48.0 Å². The van der Waals surface area contributed by atoms with Crippen LogP contribution in [0.1, 0.15) is 109 Å². The van der Waals surface area contributed by atoms with Crippen LogP contribution < -0.4 is 86.7 Å². The number of nitrogens with one attached hydrogen (secondary N) is 14. The van der Waals surface area contributed by atoms with Crippen molar-refractivity contribution in [3.63, 3.8) is 0 Å². The van der Waals surface area contributed by atoms with Crippen LogP contribution >= 0.6 is 11.8 Å². The summed E-state index contributed by atoms with van der Waals surface area (Å²) in [5.41, 5.74) is 22.9. The summed E-state index contributed by atoms with van der Waals surface area (Å²) in [6, 6.07) is -9.44. The molecule has 0 saturated carbocycles. The lowest BCUT2D eigenvalue weighted by molar-refractivity contribution is -0.136. The van der Waals surface area contributed by atoms with Gasteiger partial charge in [-0.3, -0.25) is 58.7 Å². The Bertz CT molecular complexity index is 2520. The van der Waals surface area contributed by atoms with Crippen LogP contribution in [-0.4, -0.2) is 229 Å². The highest BCUT2D eigenvalue weighted by Crippen LogP contribution is 2.33. The van der Waals surface area contributed by atoms with Crippen LogP contribution in [0.15, 0.2) is 6.20 Å². The zero-order valence-electron chi connectivity index (χ0n) is 51.2. The molecule has 0 aliphatic carbocycles. The summed E-state index contributed by atoms with van der Waals surface area (Å²) in [6.45, 7) is 3.46. The predicted molar refractivity (Wildman–Crippen MR) is 328 cm³/mol. The number of fused-ring (bicyclic) bond motifs is 3. The number of carbonyl (C=O) groups is 10. The first kappa shape index (κ1) is 74.8. The average molecular weight is 1290 g/mol. The third kappa shape index (κ3) is 29.3. The van der Waals surface area contributed by atoms with Crippen LogP contribution in [0, 0.1) is 10.8 Å². The van der Waals surface area contributed by atoms with E-state index in [1.165, 1.54) is 11.6 Å². The van der Waals surface area contributed by atoms with Crippen LogP contribution in [-0.2, 0) is 70.3 Å². The molecule has 1 aromatic heterocycles. The summed E-state index contributed by atoms with van der Waals surface area (Å²) in [7, 11) is 0. The van der Waals surface area contributed by atoms with Crippen LogP contribution in [0.2, 0.25) is 0 Å². The molecule has 35 nitrogen and oxygen atoms in total. The van der Waals surface area contributed by atoms with E-state index in [2.05, 4.69) is 74.1 Å². The Hall–Kier alpha value is -7.67. The Kier molecular flexibility index (Phi) is 34.6. The van der Waals surface area contributed by atoms with Gasteiger partial charge < -0.3 is 106 Å². The fourth-order valence-electron chi connectivity index (χ4n) is 9.68. The minimum atomic E-state index is -1.67. The summed E-state index contributed by atoms with van der Waals surface area (Å²) < 4.78 is 18.4. The number of carbonyl (C=O) groups excluding carboxylic acids is 10. The maximum atomic E-state index is 14.0. The number of guanidine groups is 2. The lowest BCUT2D eigenvalue weighted by atomic mass is 10.0. The first-order chi connectivity index (χ1) is 43.1. The van der Waals surface area contributed by atoms with E-state index in [1.807, 2.05) is 11.8 Å². The van der Waals surface area contributed by atoms with Gasteiger partial charge in [0.05, 0.1) is 56.9 Å². The molecule has 2 fully saturated rings. The minimum Gasteiger partial charge on any atom is -0.394 e. The number of aryl methyl sites for hydroxylation is 1. The predicted octanol–water partition coefficient (Wildman–Crippen LogP) is -6.17. The summed E-state index contributed by atoms with van der Waals surface area (Å²) >= 11 is 1.86. The molecule has 4 heterocycles. The lowest BCUT2D eigenvalue weighted by Gasteiger charge is -2.26. The second kappa shape index (κ2) is 41.6. The fraction of sp³-hybridized carbons (Fsp3) is 0.741. The quantitative estimate of drug-likeness (QED) is 0.0138. The van der Waals surface area contributed by atoms with Gasteiger partial charge in [-0.05, 0) is 84.0 Å². The van der Waals surface area contributed by atoms with Gasteiger partial charge >= 0.3 is 6.03 Å². The molecule has 506 valence electrons. The molecule has 1 unspecified atom stereocenters. The number of nitrogens with zero attached hydrogens (tertiary/aromatic N) is 3. The molecule has 0 spiro atoms. The van der Waals surface area contributed by atoms with Crippen molar-refractivity contribution in [2.24, 2.45) is 22.9 Å². The van der Waals surface area contributed by atoms with Crippen LogP contribution in [0.25, 0.3) is 0 Å². The molecule has 10 atom stereocenters. The van der Waals surface area contributed by atoms with Gasteiger partial charge in [-0.2, -0.15) is 11.8 Å². The summed E-state index contributed by atoms with van der Waals surface area (Å²) in [5.74, 6) is -6.54. The van der Waals surface area contributed by atoms with Gasteiger partial charge in [-0.1, -0.05) is 11.6 Å². The molecule has 0 radical (unpaired) electrons. The van der Waals surface area contributed by atoms with Crippen LogP contribution in [0.5, 0.6) is 0 Å².